The van der Waals surface area contributed by atoms with Crippen molar-refractivity contribution in [2.24, 2.45) is 0 Å². The number of hydrogen-bond donors (Lipinski definition) is 1. The molecule has 0 amide bonds. The van der Waals surface area contributed by atoms with E-state index in [1.807, 2.05) is 0 Å². The fourth-order valence-corrected chi connectivity index (χ4v) is 2.78. The molecule has 1 aliphatic rings. The predicted molar refractivity (Wildman–Crippen MR) is 76.3 cm³/mol. The zero-order chi connectivity index (χ0) is 12.3. The van der Waals surface area contributed by atoms with E-state index in [1.165, 1.54) is 25.1 Å². The van der Waals surface area contributed by atoms with Crippen LogP contribution < -0.4 is 5.32 Å². The molecule has 2 atom stereocenters. The van der Waals surface area contributed by atoms with E-state index in [0.717, 1.165) is 10.9 Å². The van der Waals surface area contributed by atoms with Crippen LogP contribution in [-0.4, -0.2) is 37.1 Å². The number of nitrogens with zero attached hydrogens (tertiary/aromatic N) is 1. The molecule has 94 valence electrons. The quantitative estimate of drug-likeness (QED) is 0.919. The fraction of sp³-hybridized carbons (Fsp3) is 0.571. The molecule has 1 aromatic rings. The van der Waals surface area contributed by atoms with Crippen LogP contribution in [0.1, 0.15) is 18.9 Å². The largest absolute Gasteiger partial charge is 0.316 e. The number of rotatable bonds is 4. The highest BCUT2D eigenvalue weighted by Crippen LogP contribution is 2.17. The lowest BCUT2D eigenvalue weighted by atomic mass is 10.1. The number of likely N-dealkylation sites (N-methyl/N-ethyl adjacent to an activating group) is 1. The summed E-state index contributed by atoms with van der Waals surface area (Å²) in [5, 5.41) is 3.37. The van der Waals surface area contributed by atoms with Crippen molar-refractivity contribution in [3.8, 4) is 0 Å². The molecule has 0 aliphatic carbocycles. The summed E-state index contributed by atoms with van der Waals surface area (Å²) in [6.45, 7) is 4.75. The molecule has 2 unspecified atom stereocenters. The topological polar surface area (TPSA) is 15.3 Å². The number of likely N-dealkylation sites (tertiary alicyclic amines) is 1. The SMILES string of the molecule is CNC1CCN(C(C)Cc2ccc(Br)cc2)C1. The minimum absolute atomic E-state index is 0.634. The van der Waals surface area contributed by atoms with Gasteiger partial charge in [-0.15, -0.1) is 0 Å². The van der Waals surface area contributed by atoms with Gasteiger partial charge in [-0.2, -0.15) is 0 Å². The third-order valence-corrected chi connectivity index (χ3v) is 4.22. The summed E-state index contributed by atoms with van der Waals surface area (Å²) < 4.78 is 1.16. The van der Waals surface area contributed by atoms with Gasteiger partial charge in [0.1, 0.15) is 0 Å². The first-order valence-corrected chi connectivity index (χ1v) is 7.14. The fourth-order valence-electron chi connectivity index (χ4n) is 2.51. The van der Waals surface area contributed by atoms with Crippen molar-refractivity contribution >= 4 is 15.9 Å². The van der Waals surface area contributed by atoms with Gasteiger partial charge in [0.25, 0.3) is 0 Å². The van der Waals surface area contributed by atoms with Crippen LogP contribution in [0.25, 0.3) is 0 Å². The zero-order valence-electron chi connectivity index (χ0n) is 10.6. The second-order valence-electron chi connectivity index (χ2n) is 4.95. The van der Waals surface area contributed by atoms with Crippen LogP contribution in [0.15, 0.2) is 28.7 Å². The molecule has 1 aliphatic heterocycles. The molecule has 2 rings (SSSR count). The molecule has 1 aromatic carbocycles. The molecule has 1 N–H and O–H groups in total. The number of halogens is 1. The van der Waals surface area contributed by atoms with E-state index in [1.54, 1.807) is 0 Å². The van der Waals surface area contributed by atoms with Crippen molar-refractivity contribution in [2.45, 2.75) is 31.8 Å². The lowest BCUT2D eigenvalue weighted by molar-refractivity contribution is 0.252. The summed E-state index contributed by atoms with van der Waals surface area (Å²) in [4.78, 5) is 2.59. The zero-order valence-corrected chi connectivity index (χ0v) is 12.2. The molecule has 2 nitrogen and oxygen atoms in total. The van der Waals surface area contributed by atoms with Crippen LogP contribution in [0.4, 0.5) is 0 Å². The molecule has 0 aromatic heterocycles. The Bertz CT molecular complexity index is 350. The Morgan fingerprint density at radius 3 is 2.71 bits per heavy atom. The van der Waals surface area contributed by atoms with Gasteiger partial charge in [0.15, 0.2) is 0 Å². The van der Waals surface area contributed by atoms with E-state index >= 15 is 0 Å². The molecule has 0 radical (unpaired) electrons. The Kier molecular flexibility index (Phi) is 4.60. The van der Waals surface area contributed by atoms with Crippen LogP contribution in [-0.2, 0) is 6.42 Å². The van der Waals surface area contributed by atoms with Crippen molar-refractivity contribution < 1.29 is 0 Å². The molecule has 1 heterocycles. The summed E-state index contributed by atoms with van der Waals surface area (Å²) >= 11 is 3.48. The minimum atomic E-state index is 0.634. The van der Waals surface area contributed by atoms with Crippen LogP contribution in [0.3, 0.4) is 0 Å². The Morgan fingerprint density at radius 2 is 2.12 bits per heavy atom. The second-order valence-corrected chi connectivity index (χ2v) is 5.86. The maximum atomic E-state index is 3.48. The monoisotopic (exact) mass is 296 g/mol. The Balaban J connectivity index is 1.89. The molecule has 17 heavy (non-hydrogen) atoms. The Hall–Kier alpha value is -0.380. The van der Waals surface area contributed by atoms with Gasteiger partial charge in [0, 0.05) is 29.6 Å². The maximum Gasteiger partial charge on any atom is 0.0204 e. The van der Waals surface area contributed by atoms with Gasteiger partial charge in [0.2, 0.25) is 0 Å². The van der Waals surface area contributed by atoms with Crippen molar-refractivity contribution in [3.63, 3.8) is 0 Å². The van der Waals surface area contributed by atoms with Crippen molar-refractivity contribution in [2.75, 3.05) is 20.1 Å². The highest BCUT2D eigenvalue weighted by molar-refractivity contribution is 9.10. The van der Waals surface area contributed by atoms with Crippen molar-refractivity contribution in [3.05, 3.63) is 34.3 Å². The van der Waals surface area contributed by atoms with Gasteiger partial charge in [-0.05, 0) is 44.5 Å². The van der Waals surface area contributed by atoms with Gasteiger partial charge >= 0.3 is 0 Å². The number of benzene rings is 1. The van der Waals surface area contributed by atoms with Gasteiger partial charge in [-0.3, -0.25) is 4.90 Å². The summed E-state index contributed by atoms with van der Waals surface area (Å²) in [6.07, 6.45) is 2.42. The molecular formula is C14H21BrN2. The second kappa shape index (κ2) is 5.98. The van der Waals surface area contributed by atoms with E-state index < -0.39 is 0 Å². The highest BCUT2D eigenvalue weighted by Gasteiger charge is 2.24. The first-order valence-electron chi connectivity index (χ1n) is 6.35. The summed E-state index contributed by atoms with van der Waals surface area (Å²) in [6, 6.07) is 10.0. The molecule has 0 spiro atoms. The van der Waals surface area contributed by atoms with Gasteiger partial charge in [-0.1, -0.05) is 28.1 Å². The minimum Gasteiger partial charge on any atom is -0.316 e. The van der Waals surface area contributed by atoms with E-state index in [0.29, 0.717) is 12.1 Å². The van der Waals surface area contributed by atoms with E-state index in [2.05, 4.69) is 64.4 Å². The summed E-state index contributed by atoms with van der Waals surface area (Å²) in [5.41, 5.74) is 1.42. The van der Waals surface area contributed by atoms with Crippen LogP contribution in [0.5, 0.6) is 0 Å². The third-order valence-electron chi connectivity index (χ3n) is 3.70. The highest BCUT2D eigenvalue weighted by atomic mass is 79.9. The van der Waals surface area contributed by atoms with E-state index in [4.69, 9.17) is 0 Å². The van der Waals surface area contributed by atoms with E-state index in [-0.39, 0.29) is 0 Å². The van der Waals surface area contributed by atoms with Gasteiger partial charge in [0.05, 0.1) is 0 Å². The molecule has 1 fully saturated rings. The van der Waals surface area contributed by atoms with Crippen LogP contribution in [0.2, 0.25) is 0 Å². The number of hydrogen-bond acceptors (Lipinski definition) is 2. The Morgan fingerprint density at radius 1 is 1.41 bits per heavy atom. The van der Waals surface area contributed by atoms with Crippen molar-refractivity contribution in [1.82, 2.24) is 10.2 Å². The van der Waals surface area contributed by atoms with Crippen LogP contribution in [0, 0.1) is 0 Å². The smallest absolute Gasteiger partial charge is 0.0204 e. The van der Waals surface area contributed by atoms with Crippen LogP contribution >= 0.6 is 15.9 Å². The summed E-state index contributed by atoms with van der Waals surface area (Å²) in [5.74, 6) is 0. The van der Waals surface area contributed by atoms with E-state index in [9.17, 15) is 0 Å². The standard InChI is InChI=1S/C14H21BrN2/c1-11(17-8-7-14(10-17)16-2)9-12-3-5-13(15)6-4-12/h3-6,11,14,16H,7-10H2,1-2H3. The van der Waals surface area contributed by atoms with Gasteiger partial charge in [-0.25, -0.2) is 0 Å². The molecule has 3 heteroatoms. The van der Waals surface area contributed by atoms with Crippen molar-refractivity contribution in [1.29, 1.82) is 0 Å². The van der Waals surface area contributed by atoms with Gasteiger partial charge < -0.3 is 5.32 Å². The normalized spacial score (nSPS) is 22.9. The first-order chi connectivity index (χ1) is 8.19. The third kappa shape index (κ3) is 3.54. The molecule has 1 saturated heterocycles. The molecule has 0 saturated carbocycles. The maximum absolute atomic E-state index is 3.48. The predicted octanol–water partition coefficient (Wildman–Crippen LogP) is 2.67. The molecular weight excluding hydrogens is 276 g/mol. The average Bonchev–Trinajstić information content (AvgIpc) is 2.81. The summed E-state index contributed by atoms with van der Waals surface area (Å²) in [7, 11) is 2.06. The average molecular weight is 297 g/mol. The first kappa shape index (κ1) is 13.1. The number of nitrogens with one attached hydrogen (secondary N) is 1. The lowest BCUT2D eigenvalue weighted by Gasteiger charge is -2.24. The lowest BCUT2D eigenvalue weighted by Crippen LogP contribution is -2.36. The Labute approximate surface area is 113 Å². The molecule has 0 bridgehead atoms.